The van der Waals surface area contributed by atoms with Gasteiger partial charge in [-0.15, -0.1) is 0 Å². The summed E-state index contributed by atoms with van der Waals surface area (Å²) < 4.78 is 12.9. The number of carbonyl (C=O) groups excluding carboxylic acids is 1. The second-order valence-electron chi connectivity index (χ2n) is 5.42. The highest BCUT2D eigenvalue weighted by Crippen LogP contribution is 2.19. The average Bonchev–Trinajstić information content (AvgIpc) is 3.12. The molecule has 3 rings (SSSR count). The molecule has 8 heteroatoms. The van der Waals surface area contributed by atoms with Crippen LogP contribution in [-0.4, -0.2) is 46.0 Å². The second kappa shape index (κ2) is 6.55. The van der Waals surface area contributed by atoms with E-state index < -0.39 is 0 Å². The number of amides is 1. The van der Waals surface area contributed by atoms with Crippen molar-refractivity contribution in [3.63, 3.8) is 0 Å². The van der Waals surface area contributed by atoms with Crippen molar-refractivity contribution in [1.29, 1.82) is 0 Å². The number of hydrogen-bond donors (Lipinski definition) is 1. The Hall–Kier alpha value is -2.12. The number of carbonyl (C=O) groups is 1. The van der Waals surface area contributed by atoms with Gasteiger partial charge in [0.1, 0.15) is 6.10 Å². The lowest BCUT2D eigenvalue weighted by Gasteiger charge is -2.20. The van der Waals surface area contributed by atoms with Gasteiger partial charge in [-0.25, -0.2) is 0 Å². The zero-order valence-electron chi connectivity index (χ0n) is 12.8. The van der Waals surface area contributed by atoms with Gasteiger partial charge in [-0.05, 0) is 12.5 Å². The molecule has 7 nitrogen and oxygen atoms in total. The van der Waals surface area contributed by atoms with Gasteiger partial charge in [0, 0.05) is 19.4 Å². The monoisotopic (exact) mass is 336 g/mol. The van der Waals surface area contributed by atoms with Gasteiger partial charge in [-0.1, -0.05) is 11.6 Å². The molecule has 1 fully saturated rings. The van der Waals surface area contributed by atoms with Crippen molar-refractivity contribution in [2.45, 2.75) is 19.1 Å². The van der Waals surface area contributed by atoms with Crippen LogP contribution >= 0.6 is 11.6 Å². The highest BCUT2D eigenvalue weighted by atomic mass is 35.5. The van der Waals surface area contributed by atoms with E-state index in [0.717, 1.165) is 0 Å². The fourth-order valence-electron chi connectivity index (χ4n) is 2.39. The van der Waals surface area contributed by atoms with E-state index in [4.69, 9.17) is 21.1 Å². The molecule has 1 aliphatic heterocycles. The van der Waals surface area contributed by atoms with Crippen LogP contribution in [0.3, 0.4) is 0 Å². The van der Waals surface area contributed by atoms with Gasteiger partial charge < -0.3 is 14.8 Å². The van der Waals surface area contributed by atoms with Crippen LogP contribution in [0.4, 0.5) is 0 Å². The lowest BCUT2D eigenvalue weighted by Crippen LogP contribution is -2.45. The minimum absolute atomic E-state index is 0.243. The Kier molecular flexibility index (Phi) is 4.49. The van der Waals surface area contributed by atoms with Gasteiger partial charge in [-0.2, -0.15) is 5.10 Å². The van der Waals surface area contributed by atoms with E-state index in [9.17, 15) is 4.79 Å². The Morgan fingerprint density at radius 1 is 1.43 bits per heavy atom. The first kappa shape index (κ1) is 15.8. The Bertz CT molecular complexity index is 718. The van der Waals surface area contributed by atoms with Crippen LogP contribution in [0.25, 0.3) is 0 Å². The third kappa shape index (κ3) is 3.46. The summed E-state index contributed by atoms with van der Waals surface area (Å²) in [5.74, 6) is 0.399. The van der Waals surface area contributed by atoms with Crippen LogP contribution in [0.1, 0.15) is 15.9 Å². The largest absolute Gasteiger partial charge is 0.482 e. The molecule has 122 valence electrons. The molecule has 0 spiro atoms. The van der Waals surface area contributed by atoms with Gasteiger partial charge >= 0.3 is 0 Å². The maximum absolute atomic E-state index is 12.4. The molecule has 1 saturated heterocycles. The summed E-state index contributed by atoms with van der Waals surface area (Å²) >= 11 is 6.01. The first-order chi connectivity index (χ1) is 11.0. The standard InChI is InChI=1S/C15H17ClN4O3/c1-9-11(4-17-5-12(9)16)15(21)19-13-7-22-8-14(13)23-10-3-18-20(2)6-10/h3-6,13-14H,7-8H2,1-2H3,(H,19,21)/t13-,14+/m0/s1. The summed E-state index contributed by atoms with van der Waals surface area (Å²) in [6.45, 7) is 2.59. The molecular formula is C15H17ClN4O3. The number of aryl methyl sites for hydroxylation is 1. The first-order valence-corrected chi connectivity index (χ1v) is 7.56. The molecule has 2 aromatic rings. The molecule has 2 atom stereocenters. The fourth-order valence-corrected chi connectivity index (χ4v) is 2.55. The van der Waals surface area contributed by atoms with E-state index in [1.54, 1.807) is 24.0 Å². The first-order valence-electron chi connectivity index (χ1n) is 7.18. The fraction of sp³-hybridized carbons (Fsp3) is 0.400. The number of nitrogens with zero attached hydrogens (tertiary/aromatic N) is 3. The number of hydrogen-bond acceptors (Lipinski definition) is 5. The molecule has 0 saturated carbocycles. The quantitative estimate of drug-likeness (QED) is 0.912. The van der Waals surface area contributed by atoms with Crippen LogP contribution in [0.5, 0.6) is 5.75 Å². The van der Waals surface area contributed by atoms with Gasteiger partial charge in [-0.3, -0.25) is 14.5 Å². The topological polar surface area (TPSA) is 78.3 Å². The predicted octanol–water partition coefficient (Wildman–Crippen LogP) is 1.35. The summed E-state index contributed by atoms with van der Waals surface area (Å²) in [7, 11) is 1.81. The Balaban J connectivity index is 1.68. The third-order valence-corrected chi connectivity index (χ3v) is 4.09. The van der Waals surface area contributed by atoms with Crippen LogP contribution in [0, 0.1) is 6.92 Å². The number of ether oxygens (including phenoxy) is 2. The van der Waals surface area contributed by atoms with E-state index in [1.807, 2.05) is 7.05 Å². The number of nitrogens with one attached hydrogen (secondary N) is 1. The molecule has 0 aromatic carbocycles. The maximum atomic E-state index is 12.4. The minimum Gasteiger partial charge on any atom is -0.482 e. The lowest BCUT2D eigenvalue weighted by atomic mass is 10.1. The van der Waals surface area contributed by atoms with Crippen LogP contribution in [0.2, 0.25) is 5.02 Å². The molecular weight excluding hydrogens is 320 g/mol. The highest BCUT2D eigenvalue weighted by molar-refractivity contribution is 6.31. The van der Waals surface area contributed by atoms with Crippen molar-refractivity contribution >= 4 is 17.5 Å². The Morgan fingerprint density at radius 3 is 3.00 bits per heavy atom. The van der Waals surface area contributed by atoms with Crippen molar-refractivity contribution in [1.82, 2.24) is 20.1 Å². The van der Waals surface area contributed by atoms with Gasteiger partial charge in [0.05, 0.1) is 42.2 Å². The molecule has 1 aliphatic rings. The van der Waals surface area contributed by atoms with Gasteiger partial charge in [0.15, 0.2) is 5.75 Å². The predicted molar refractivity (Wildman–Crippen MR) is 83.7 cm³/mol. The van der Waals surface area contributed by atoms with Crippen molar-refractivity contribution in [2.75, 3.05) is 13.2 Å². The van der Waals surface area contributed by atoms with Crippen molar-refractivity contribution < 1.29 is 14.3 Å². The normalized spacial score (nSPS) is 20.5. The Labute approximate surface area is 138 Å². The lowest BCUT2D eigenvalue weighted by molar-refractivity contribution is 0.0903. The molecule has 0 radical (unpaired) electrons. The van der Waals surface area contributed by atoms with E-state index in [1.165, 1.54) is 12.4 Å². The average molecular weight is 337 g/mol. The van der Waals surface area contributed by atoms with Gasteiger partial charge in [0.25, 0.3) is 5.91 Å². The van der Waals surface area contributed by atoms with Crippen LogP contribution in [0.15, 0.2) is 24.8 Å². The number of rotatable bonds is 4. The smallest absolute Gasteiger partial charge is 0.253 e. The van der Waals surface area contributed by atoms with E-state index in [0.29, 0.717) is 35.1 Å². The number of pyridine rings is 1. The minimum atomic E-state index is -0.268. The SMILES string of the molecule is Cc1c(Cl)cncc1C(=O)N[C@H]1COC[C@H]1Oc1cnn(C)c1. The zero-order chi connectivity index (χ0) is 16.4. The summed E-state index contributed by atoms with van der Waals surface area (Å²) in [5.41, 5.74) is 1.15. The molecule has 2 aromatic heterocycles. The zero-order valence-corrected chi connectivity index (χ0v) is 13.6. The third-order valence-electron chi connectivity index (χ3n) is 3.71. The van der Waals surface area contributed by atoms with Crippen LogP contribution in [-0.2, 0) is 11.8 Å². The summed E-state index contributed by atoms with van der Waals surface area (Å²) in [6, 6.07) is -0.249. The number of halogens is 1. The van der Waals surface area contributed by atoms with Crippen molar-refractivity contribution in [2.24, 2.45) is 7.05 Å². The Morgan fingerprint density at radius 2 is 2.26 bits per heavy atom. The molecule has 0 aliphatic carbocycles. The second-order valence-corrected chi connectivity index (χ2v) is 5.82. The summed E-state index contributed by atoms with van der Waals surface area (Å²) in [4.78, 5) is 16.4. The number of aromatic nitrogens is 3. The summed E-state index contributed by atoms with van der Waals surface area (Å²) in [5, 5.41) is 7.44. The van der Waals surface area contributed by atoms with E-state index in [2.05, 4.69) is 15.4 Å². The molecule has 3 heterocycles. The molecule has 1 amide bonds. The molecule has 0 bridgehead atoms. The van der Waals surface area contributed by atoms with Crippen LogP contribution < -0.4 is 10.1 Å². The maximum Gasteiger partial charge on any atom is 0.253 e. The summed E-state index contributed by atoms with van der Waals surface area (Å²) in [6.07, 6.45) is 6.14. The van der Waals surface area contributed by atoms with Gasteiger partial charge in [0.2, 0.25) is 0 Å². The van der Waals surface area contributed by atoms with E-state index >= 15 is 0 Å². The molecule has 1 N–H and O–H groups in total. The van der Waals surface area contributed by atoms with E-state index in [-0.39, 0.29) is 18.1 Å². The highest BCUT2D eigenvalue weighted by Gasteiger charge is 2.32. The van der Waals surface area contributed by atoms with Crippen molar-refractivity contribution in [3.05, 3.63) is 40.9 Å². The van der Waals surface area contributed by atoms with Crippen molar-refractivity contribution in [3.8, 4) is 5.75 Å². The molecule has 23 heavy (non-hydrogen) atoms. The molecule has 0 unspecified atom stereocenters.